The van der Waals surface area contributed by atoms with Crippen molar-refractivity contribution < 1.29 is 26.4 Å². The van der Waals surface area contributed by atoms with E-state index in [1.165, 1.54) is 36.8 Å². The van der Waals surface area contributed by atoms with E-state index in [4.69, 9.17) is 0 Å². The molecule has 0 aromatic heterocycles. The fraction of sp³-hybridized carbons (Fsp3) is 0.457. The maximum Gasteiger partial charge on any atom is 0.416 e. The number of aryl methyl sites for hydroxylation is 2. The number of halogens is 3. The molecule has 0 heterocycles. The molecule has 0 spiro atoms. The number of hydrogen-bond acceptors (Lipinski definition) is 4. The van der Waals surface area contributed by atoms with Gasteiger partial charge in [0, 0.05) is 12.5 Å². The van der Waals surface area contributed by atoms with Crippen molar-refractivity contribution in [1.82, 2.24) is 14.9 Å². The second kappa shape index (κ2) is 14.5. The molecule has 242 valence electrons. The summed E-state index contributed by atoms with van der Waals surface area (Å²) >= 11 is 0. The highest BCUT2D eigenvalue weighted by atomic mass is 32.2. The quantitative estimate of drug-likeness (QED) is 0.221. The van der Waals surface area contributed by atoms with Crippen LogP contribution in [0.4, 0.5) is 13.2 Å². The molecule has 1 fully saturated rings. The molecule has 10 heteroatoms. The highest BCUT2D eigenvalue weighted by molar-refractivity contribution is 7.89. The van der Waals surface area contributed by atoms with Crippen molar-refractivity contribution >= 4 is 15.9 Å². The fourth-order valence-corrected chi connectivity index (χ4v) is 7.95. The molecule has 5 rings (SSSR count). The fourth-order valence-electron chi connectivity index (χ4n) is 6.68. The van der Waals surface area contributed by atoms with E-state index in [1.807, 2.05) is 0 Å². The minimum atomic E-state index is -4.69. The lowest BCUT2D eigenvalue weighted by Gasteiger charge is -2.28. The summed E-state index contributed by atoms with van der Waals surface area (Å²) in [6.45, 7) is 1.08. The first kappa shape index (κ1) is 33.2. The van der Waals surface area contributed by atoms with Crippen molar-refractivity contribution in [3.63, 3.8) is 0 Å². The van der Waals surface area contributed by atoms with Crippen molar-refractivity contribution in [3.8, 4) is 0 Å². The predicted molar refractivity (Wildman–Crippen MR) is 169 cm³/mol. The lowest BCUT2D eigenvalue weighted by atomic mass is 9.86. The molecule has 3 aromatic rings. The van der Waals surface area contributed by atoms with E-state index >= 15 is 0 Å². The Morgan fingerprint density at radius 3 is 2.44 bits per heavy atom. The summed E-state index contributed by atoms with van der Waals surface area (Å²) in [6, 6.07) is 18.3. The van der Waals surface area contributed by atoms with E-state index in [1.54, 1.807) is 30.3 Å². The first-order chi connectivity index (χ1) is 21.5. The number of nitrogens with zero attached hydrogens (tertiary/aromatic N) is 1. The predicted octanol–water partition coefficient (Wildman–Crippen LogP) is 7.12. The Bertz CT molecular complexity index is 1560. The van der Waals surface area contributed by atoms with Gasteiger partial charge in [0.1, 0.15) is 0 Å². The smallest absolute Gasteiger partial charge is 0.349 e. The van der Waals surface area contributed by atoms with E-state index in [9.17, 15) is 26.4 Å². The Morgan fingerprint density at radius 2 is 1.71 bits per heavy atom. The molecule has 0 radical (unpaired) electrons. The number of hydrogen-bond donors (Lipinski definition) is 2. The van der Waals surface area contributed by atoms with Crippen LogP contribution in [0, 0.1) is 0 Å². The molecule has 0 aliphatic heterocycles. The summed E-state index contributed by atoms with van der Waals surface area (Å²) in [4.78, 5) is 15.4. The summed E-state index contributed by atoms with van der Waals surface area (Å²) in [5, 5.41) is 3.11. The zero-order chi connectivity index (χ0) is 32.0. The summed E-state index contributed by atoms with van der Waals surface area (Å²) in [7, 11) is -2.14. The van der Waals surface area contributed by atoms with E-state index < -0.39 is 32.7 Å². The van der Waals surface area contributed by atoms with Gasteiger partial charge >= 0.3 is 6.18 Å². The number of rotatable bonds is 12. The maximum atomic E-state index is 13.4. The van der Waals surface area contributed by atoms with Crippen LogP contribution in [0.3, 0.4) is 0 Å². The molecule has 0 saturated heterocycles. The minimum Gasteiger partial charge on any atom is -0.349 e. The molecular weight excluding hydrogens is 599 g/mol. The Hall–Kier alpha value is -3.21. The number of fused-ring (bicyclic) bond motifs is 1. The zero-order valence-corrected chi connectivity index (χ0v) is 26.5. The third kappa shape index (κ3) is 8.74. The van der Waals surface area contributed by atoms with Crippen molar-refractivity contribution in [3.05, 3.63) is 101 Å². The number of carbonyl (C=O) groups excluding carboxylic acids is 1. The average Bonchev–Trinajstić information content (AvgIpc) is 3.56. The van der Waals surface area contributed by atoms with E-state index in [0.717, 1.165) is 68.5 Å². The van der Waals surface area contributed by atoms with Gasteiger partial charge in [-0.05, 0) is 99.0 Å². The summed E-state index contributed by atoms with van der Waals surface area (Å²) < 4.78 is 68.8. The number of carbonyl (C=O) groups is 1. The highest BCUT2D eigenvalue weighted by Crippen LogP contribution is 2.33. The van der Waals surface area contributed by atoms with Crippen LogP contribution in [0.5, 0.6) is 0 Å². The summed E-state index contributed by atoms with van der Waals surface area (Å²) in [6.07, 6.45) is 5.13. The standard InChI is InChI=1S/C35H42F3N3O3S/c1-41(29-15-5-6-16-29)21-9-10-25-19-20-31-27(22-25)13-7-18-32(31)39-34(42)24-33(26-11-3-2-4-12-26)40-45(43,44)30-17-8-14-28(23-30)35(36,37)38/h2-4,8,11-12,14,17,19-20,22-23,29,32-33,40H,5-7,9-10,13,15-16,18,21,24H2,1H3,(H,39,42). The number of alkyl halides is 3. The van der Waals surface area contributed by atoms with Gasteiger partial charge in [-0.15, -0.1) is 0 Å². The van der Waals surface area contributed by atoms with Crippen LogP contribution in [0.1, 0.15) is 91.3 Å². The van der Waals surface area contributed by atoms with Crippen LogP contribution in [0.25, 0.3) is 0 Å². The third-order valence-corrected chi connectivity index (χ3v) is 10.6. The van der Waals surface area contributed by atoms with E-state index in [-0.39, 0.29) is 18.4 Å². The SMILES string of the molecule is CN(CCCc1ccc2c(c1)CCCC2NC(=O)CC(NS(=O)(=O)c1cccc(C(F)(F)F)c1)c1ccccc1)C1CCCC1. The normalized spacial score (nSPS) is 18.1. The van der Waals surface area contributed by atoms with Gasteiger partial charge in [0.25, 0.3) is 0 Å². The van der Waals surface area contributed by atoms with Crippen LogP contribution in [0.15, 0.2) is 77.7 Å². The Balaban J connectivity index is 1.24. The molecule has 6 nitrogen and oxygen atoms in total. The largest absolute Gasteiger partial charge is 0.416 e. The number of amides is 1. The molecule has 0 bridgehead atoms. The molecule has 1 amide bonds. The van der Waals surface area contributed by atoms with Gasteiger partial charge in [-0.3, -0.25) is 4.79 Å². The van der Waals surface area contributed by atoms with Gasteiger partial charge in [-0.1, -0.05) is 67.4 Å². The monoisotopic (exact) mass is 641 g/mol. The van der Waals surface area contributed by atoms with Crippen molar-refractivity contribution in [2.45, 2.75) is 93.4 Å². The molecule has 45 heavy (non-hydrogen) atoms. The van der Waals surface area contributed by atoms with Crippen molar-refractivity contribution in [2.75, 3.05) is 13.6 Å². The molecule has 3 aromatic carbocycles. The molecule has 2 atom stereocenters. The topological polar surface area (TPSA) is 78.5 Å². The van der Waals surface area contributed by atoms with Gasteiger partial charge in [0.05, 0.1) is 22.5 Å². The average molecular weight is 642 g/mol. The minimum absolute atomic E-state index is 0.194. The van der Waals surface area contributed by atoms with Crippen molar-refractivity contribution in [2.24, 2.45) is 0 Å². The number of sulfonamides is 1. The highest BCUT2D eigenvalue weighted by Gasteiger charge is 2.33. The van der Waals surface area contributed by atoms with Crippen molar-refractivity contribution in [1.29, 1.82) is 0 Å². The van der Waals surface area contributed by atoms with Crippen LogP contribution in [-0.2, 0) is 33.8 Å². The molecule has 2 aliphatic rings. The van der Waals surface area contributed by atoms with Crippen LogP contribution < -0.4 is 10.0 Å². The molecule has 2 N–H and O–H groups in total. The second-order valence-corrected chi connectivity index (χ2v) is 14.1. The molecule has 1 saturated carbocycles. The molecular formula is C35H42F3N3O3S. The third-order valence-electron chi connectivity index (χ3n) is 9.14. The second-order valence-electron chi connectivity index (χ2n) is 12.4. The molecule has 2 unspecified atom stereocenters. The van der Waals surface area contributed by atoms with Gasteiger partial charge in [0.2, 0.25) is 15.9 Å². The lowest BCUT2D eigenvalue weighted by Crippen LogP contribution is -2.36. The van der Waals surface area contributed by atoms with E-state index in [0.29, 0.717) is 11.6 Å². The number of benzene rings is 3. The Morgan fingerprint density at radius 1 is 0.956 bits per heavy atom. The van der Waals surface area contributed by atoms with Gasteiger partial charge in [-0.2, -0.15) is 13.2 Å². The summed E-state index contributed by atoms with van der Waals surface area (Å²) in [5.41, 5.74) is 3.10. The van der Waals surface area contributed by atoms with Gasteiger partial charge < -0.3 is 10.2 Å². The summed E-state index contributed by atoms with van der Waals surface area (Å²) in [5.74, 6) is -0.340. The Labute approximate surface area is 264 Å². The Kier molecular flexibility index (Phi) is 10.7. The van der Waals surface area contributed by atoms with Gasteiger partial charge in [-0.25, -0.2) is 13.1 Å². The zero-order valence-electron chi connectivity index (χ0n) is 25.7. The van der Waals surface area contributed by atoms with Crippen LogP contribution >= 0.6 is 0 Å². The van der Waals surface area contributed by atoms with Gasteiger partial charge in [0.15, 0.2) is 0 Å². The van der Waals surface area contributed by atoms with Crippen LogP contribution in [-0.4, -0.2) is 38.9 Å². The maximum absolute atomic E-state index is 13.4. The van der Waals surface area contributed by atoms with E-state index in [2.05, 4.69) is 40.2 Å². The first-order valence-corrected chi connectivity index (χ1v) is 17.3. The number of nitrogens with one attached hydrogen (secondary N) is 2. The van der Waals surface area contributed by atoms with Crippen LogP contribution in [0.2, 0.25) is 0 Å². The lowest BCUT2D eigenvalue weighted by molar-refractivity contribution is -0.137. The first-order valence-electron chi connectivity index (χ1n) is 15.9. The molecule has 2 aliphatic carbocycles.